The van der Waals surface area contributed by atoms with Gasteiger partial charge in [-0.15, -0.1) is 0 Å². The number of nitrogens with one attached hydrogen (secondary N) is 1. The van der Waals surface area contributed by atoms with E-state index in [4.69, 9.17) is 15.2 Å². The van der Waals surface area contributed by atoms with E-state index in [0.29, 0.717) is 0 Å². The Morgan fingerprint density at radius 1 is 1.09 bits per heavy atom. The van der Waals surface area contributed by atoms with E-state index in [1.54, 1.807) is 0 Å². The Labute approximate surface area is 196 Å². The molecule has 1 aliphatic rings. The van der Waals surface area contributed by atoms with Gasteiger partial charge in [-0.1, -0.05) is 48.5 Å². The van der Waals surface area contributed by atoms with E-state index in [2.05, 4.69) is 17.4 Å². The van der Waals surface area contributed by atoms with E-state index in [-0.39, 0.29) is 42.5 Å². The van der Waals surface area contributed by atoms with Crippen LogP contribution in [0.4, 0.5) is 14.9 Å². The van der Waals surface area contributed by atoms with Crippen LogP contribution in [0.3, 0.4) is 0 Å². The molecule has 0 aliphatic heterocycles. The maximum absolute atomic E-state index is 14.2. The van der Waals surface area contributed by atoms with Crippen LogP contribution in [-0.2, 0) is 4.74 Å². The lowest BCUT2D eigenvalue weighted by Crippen LogP contribution is -2.31. The number of nitrogens with two attached hydrogens (primary N) is 1. The molecule has 34 heavy (non-hydrogen) atoms. The van der Waals surface area contributed by atoms with Crippen molar-refractivity contribution in [3.63, 3.8) is 0 Å². The predicted octanol–water partition coefficient (Wildman–Crippen LogP) is 3.74. The number of halogens is 1. The highest BCUT2D eigenvalue weighted by molar-refractivity contribution is 5.79. The van der Waals surface area contributed by atoms with Crippen molar-refractivity contribution < 1.29 is 28.9 Å². The zero-order chi connectivity index (χ0) is 24.2. The molecule has 4 rings (SSSR count). The van der Waals surface area contributed by atoms with Crippen LogP contribution in [0.5, 0.6) is 5.75 Å². The number of nitrogen functional groups attached to an aromatic ring is 1. The van der Waals surface area contributed by atoms with Crippen LogP contribution in [0.25, 0.3) is 11.1 Å². The van der Waals surface area contributed by atoms with Crippen molar-refractivity contribution in [2.75, 3.05) is 26.0 Å². The van der Waals surface area contributed by atoms with E-state index < -0.39 is 24.1 Å². The summed E-state index contributed by atoms with van der Waals surface area (Å²) >= 11 is 0. The molecule has 3 aromatic rings. The van der Waals surface area contributed by atoms with Crippen LogP contribution in [0, 0.1) is 5.82 Å². The summed E-state index contributed by atoms with van der Waals surface area (Å²) in [5.74, 6) is -0.622. The van der Waals surface area contributed by atoms with Crippen LogP contribution in [0.15, 0.2) is 60.7 Å². The first-order valence-corrected chi connectivity index (χ1v) is 11.0. The molecule has 7 nitrogen and oxygen atoms in total. The highest BCUT2D eigenvalue weighted by atomic mass is 19.1. The smallest absolute Gasteiger partial charge is 0.407 e. The van der Waals surface area contributed by atoms with Gasteiger partial charge in [0.25, 0.3) is 0 Å². The lowest BCUT2D eigenvalue weighted by Gasteiger charge is -2.20. The number of benzene rings is 3. The Balaban J connectivity index is 1.30. The number of fused-ring (bicyclic) bond motifs is 3. The molecule has 5 N–H and O–H groups in total. The van der Waals surface area contributed by atoms with Gasteiger partial charge in [-0.25, -0.2) is 9.18 Å². The third kappa shape index (κ3) is 4.69. The number of alkyl carbamates (subject to hydrolysis) is 1. The van der Waals surface area contributed by atoms with Crippen molar-refractivity contribution >= 4 is 11.8 Å². The highest BCUT2D eigenvalue weighted by Gasteiger charge is 2.29. The number of amides is 1. The normalized spacial score (nSPS) is 14.1. The van der Waals surface area contributed by atoms with E-state index >= 15 is 0 Å². The van der Waals surface area contributed by atoms with Gasteiger partial charge in [-0.3, -0.25) is 0 Å². The Bertz CT molecular complexity index is 1140. The third-order valence-electron chi connectivity index (χ3n) is 6.09. The molecule has 0 heterocycles. The lowest BCUT2D eigenvalue weighted by molar-refractivity contribution is 0.0115. The summed E-state index contributed by atoms with van der Waals surface area (Å²) in [6.07, 6.45) is -3.49. The van der Waals surface area contributed by atoms with Gasteiger partial charge in [0.15, 0.2) is 0 Å². The van der Waals surface area contributed by atoms with E-state index in [0.717, 1.165) is 28.3 Å². The van der Waals surface area contributed by atoms with Crippen LogP contribution < -0.4 is 15.8 Å². The topological polar surface area (TPSA) is 114 Å². The number of hydrogen-bond donors (Lipinski definition) is 4. The van der Waals surface area contributed by atoms with Crippen molar-refractivity contribution in [3.05, 3.63) is 83.2 Å². The van der Waals surface area contributed by atoms with Gasteiger partial charge >= 0.3 is 6.09 Å². The molecule has 2 atom stereocenters. The standard InChI is InChI=1S/C26H27FN2O5/c1-33-24-12-19(21(27)13-22(24)28)25(31)23(30)10-11-29-26(32)34-14-20-17-8-4-2-6-15(17)16-7-3-5-9-18(16)20/h2-9,12-13,20,23,25,30-31H,10-11,14,28H2,1H3,(H,29,32). The molecule has 0 saturated heterocycles. The summed E-state index contributed by atoms with van der Waals surface area (Å²) < 4.78 is 24.7. The zero-order valence-electron chi connectivity index (χ0n) is 18.7. The van der Waals surface area contributed by atoms with Gasteiger partial charge in [-0.2, -0.15) is 0 Å². The molecule has 1 aliphatic carbocycles. The fraction of sp³-hybridized carbons (Fsp3) is 0.269. The molecule has 178 valence electrons. The van der Waals surface area contributed by atoms with Crippen molar-refractivity contribution in [3.8, 4) is 16.9 Å². The molecular formula is C26H27FN2O5. The average Bonchev–Trinajstić information content (AvgIpc) is 3.16. The van der Waals surface area contributed by atoms with Gasteiger partial charge in [0.1, 0.15) is 24.3 Å². The summed E-state index contributed by atoms with van der Waals surface area (Å²) in [5, 5.41) is 23.2. The molecule has 3 aromatic carbocycles. The highest BCUT2D eigenvalue weighted by Crippen LogP contribution is 2.44. The largest absolute Gasteiger partial charge is 0.495 e. The first-order chi connectivity index (χ1) is 16.4. The van der Waals surface area contributed by atoms with E-state index in [1.165, 1.54) is 13.2 Å². The molecule has 0 fully saturated rings. The second-order valence-electron chi connectivity index (χ2n) is 8.17. The number of hydrogen-bond acceptors (Lipinski definition) is 6. The van der Waals surface area contributed by atoms with Crippen molar-refractivity contribution in [2.24, 2.45) is 0 Å². The molecule has 0 spiro atoms. The Hall–Kier alpha value is -3.62. The van der Waals surface area contributed by atoms with Crippen molar-refractivity contribution in [1.82, 2.24) is 5.32 Å². The summed E-state index contributed by atoms with van der Waals surface area (Å²) in [5.41, 5.74) is 10.1. The number of carbonyl (C=O) groups is 1. The van der Waals surface area contributed by atoms with Gasteiger partial charge in [-0.05, 0) is 34.7 Å². The summed E-state index contributed by atoms with van der Waals surface area (Å²) in [6, 6.07) is 18.3. The minimum atomic E-state index is -1.51. The number of rotatable bonds is 8. The SMILES string of the molecule is COc1cc(C(O)C(O)CCNC(=O)OCC2c3ccccc3-c3ccccc32)c(F)cc1N. The van der Waals surface area contributed by atoms with Gasteiger partial charge in [0.05, 0.1) is 18.9 Å². The zero-order valence-corrected chi connectivity index (χ0v) is 18.7. The third-order valence-corrected chi connectivity index (χ3v) is 6.09. The first kappa shape index (κ1) is 23.5. The molecular weight excluding hydrogens is 439 g/mol. The number of aliphatic hydroxyl groups is 2. The fourth-order valence-electron chi connectivity index (χ4n) is 4.32. The Morgan fingerprint density at radius 2 is 1.71 bits per heavy atom. The lowest BCUT2D eigenvalue weighted by atomic mass is 9.98. The monoisotopic (exact) mass is 466 g/mol. The summed E-state index contributed by atoms with van der Waals surface area (Å²) in [4.78, 5) is 12.3. The van der Waals surface area contributed by atoms with Crippen LogP contribution >= 0.6 is 0 Å². The van der Waals surface area contributed by atoms with Crippen molar-refractivity contribution in [2.45, 2.75) is 24.5 Å². The van der Waals surface area contributed by atoms with Gasteiger partial charge in [0.2, 0.25) is 0 Å². The minimum Gasteiger partial charge on any atom is -0.495 e. The fourth-order valence-corrected chi connectivity index (χ4v) is 4.32. The van der Waals surface area contributed by atoms with Gasteiger partial charge < -0.3 is 30.7 Å². The second-order valence-corrected chi connectivity index (χ2v) is 8.17. The number of anilines is 1. The van der Waals surface area contributed by atoms with Gasteiger partial charge in [0, 0.05) is 24.1 Å². The minimum absolute atomic E-state index is 0.0164. The molecule has 0 saturated carbocycles. The Kier molecular flexibility index (Phi) is 7.00. The number of carbonyl (C=O) groups excluding carboxylic acids is 1. The van der Waals surface area contributed by atoms with E-state index in [1.807, 2.05) is 36.4 Å². The van der Waals surface area contributed by atoms with Crippen molar-refractivity contribution in [1.29, 1.82) is 0 Å². The number of ether oxygens (including phenoxy) is 2. The summed E-state index contributed by atoms with van der Waals surface area (Å²) in [7, 11) is 1.37. The first-order valence-electron chi connectivity index (χ1n) is 11.0. The molecule has 0 radical (unpaired) electrons. The van der Waals surface area contributed by atoms with E-state index in [9.17, 15) is 19.4 Å². The van der Waals surface area contributed by atoms with Crippen LogP contribution in [-0.4, -0.2) is 42.7 Å². The molecule has 1 amide bonds. The molecule has 2 unspecified atom stereocenters. The number of aliphatic hydroxyl groups excluding tert-OH is 2. The maximum Gasteiger partial charge on any atom is 0.407 e. The van der Waals surface area contributed by atoms with Crippen LogP contribution in [0.2, 0.25) is 0 Å². The predicted molar refractivity (Wildman–Crippen MR) is 126 cm³/mol. The average molecular weight is 467 g/mol. The number of methoxy groups -OCH3 is 1. The second kappa shape index (κ2) is 10.1. The summed E-state index contributed by atoms with van der Waals surface area (Å²) in [6.45, 7) is 0.199. The van der Waals surface area contributed by atoms with Crippen LogP contribution in [0.1, 0.15) is 35.1 Å². The molecule has 0 bridgehead atoms. The Morgan fingerprint density at radius 3 is 2.32 bits per heavy atom. The molecule has 8 heteroatoms. The molecule has 0 aromatic heterocycles. The quantitative estimate of drug-likeness (QED) is 0.376. The maximum atomic E-state index is 14.2.